The lowest BCUT2D eigenvalue weighted by Gasteiger charge is -2.04. The van der Waals surface area contributed by atoms with E-state index in [1.807, 2.05) is 7.05 Å². The fourth-order valence-corrected chi connectivity index (χ4v) is 2.00. The molecule has 2 aromatic rings. The zero-order chi connectivity index (χ0) is 11.5. The largest absolute Gasteiger partial charge is 0.398 e. The van der Waals surface area contributed by atoms with Crippen molar-refractivity contribution in [2.24, 2.45) is 7.05 Å². The summed E-state index contributed by atoms with van der Waals surface area (Å²) >= 11 is 1.39. The molecule has 80 valence electrons. The van der Waals surface area contributed by atoms with Gasteiger partial charge in [-0.3, -0.25) is 0 Å². The normalized spacial score (nSPS) is 10.0. The number of aryl methyl sites for hydroxylation is 1. The predicted octanol–water partition coefficient (Wildman–Crippen LogP) is 1.42. The van der Waals surface area contributed by atoms with Gasteiger partial charge in [-0.15, -0.1) is 10.2 Å². The van der Waals surface area contributed by atoms with Gasteiger partial charge in [0.25, 0.3) is 0 Å². The third-order valence-corrected chi connectivity index (χ3v) is 3.14. The summed E-state index contributed by atoms with van der Waals surface area (Å²) in [6.45, 7) is 0. The van der Waals surface area contributed by atoms with E-state index < -0.39 is 0 Å². The van der Waals surface area contributed by atoms with Crippen molar-refractivity contribution in [1.29, 1.82) is 5.26 Å². The molecule has 0 aliphatic carbocycles. The first-order valence-corrected chi connectivity index (χ1v) is 5.34. The van der Waals surface area contributed by atoms with E-state index in [9.17, 15) is 0 Å². The molecule has 2 rings (SSSR count). The maximum atomic E-state index is 8.80. The average Bonchev–Trinajstić information content (AvgIpc) is 2.68. The number of benzene rings is 1. The Morgan fingerprint density at radius 3 is 2.94 bits per heavy atom. The molecule has 5 nitrogen and oxygen atoms in total. The third kappa shape index (κ3) is 1.99. The lowest BCUT2D eigenvalue weighted by molar-refractivity contribution is 0.789. The minimum Gasteiger partial charge on any atom is -0.398 e. The van der Waals surface area contributed by atoms with Crippen LogP contribution in [0.3, 0.4) is 0 Å². The molecule has 2 N–H and O–H groups in total. The highest BCUT2D eigenvalue weighted by molar-refractivity contribution is 7.99. The van der Waals surface area contributed by atoms with E-state index >= 15 is 0 Å². The molecule has 1 heterocycles. The van der Waals surface area contributed by atoms with Gasteiger partial charge in [0.1, 0.15) is 6.33 Å². The van der Waals surface area contributed by atoms with Crippen molar-refractivity contribution >= 4 is 17.4 Å². The third-order valence-electron chi connectivity index (χ3n) is 2.01. The molecule has 0 fully saturated rings. The van der Waals surface area contributed by atoms with Crippen molar-refractivity contribution in [3.05, 3.63) is 30.1 Å². The van der Waals surface area contributed by atoms with E-state index in [2.05, 4.69) is 16.3 Å². The van der Waals surface area contributed by atoms with Crippen molar-refractivity contribution < 1.29 is 0 Å². The fraction of sp³-hybridized carbons (Fsp3) is 0.100. The quantitative estimate of drug-likeness (QED) is 0.790. The van der Waals surface area contributed by atoms with Crippen LogP contribution in [0.4, 0.5) is 5.69 Å². The zero-order valence-electron chi connectivity index (χ0n) is 8.58. The topological polar surface area (TPSA) is 80.5 Å². The number of nitrogens with two attached hydrogens (primary N) is 1. The second kappa shape index (κ2) is 4.24. The Kier molecular flexibility index (Phi) is 2.79. The van der Waals surface area contributed by atoms with Crippen LogP contribution in [0.5, 0.6) is 0 Å². The molecule has 0 aliphatic rings. The van der Waals surface area contributed by atoms with Crippen LogP contribution < -0.4 is 5.73 Å². The summed E-state index contributed by atoms with van der Waals surface area (Å²) < 4.78 is 1.79. The van der Waals surface area contributed by atoms with Crippen molar-refractivity contribution in [2.45, 2.75) is 10.1 Å². The molecule has 0 saturated heterocycles. The fourth-order valence-electron chi connectivity index (χ4n) is 1.16. The molecule has 0 unspecified atom stereocenters. The maximum absolute atomic E-state index is 8.80. The summed E-state index contributed by atoms with van der Waals surface area (Å²) in [7, 11) is 1.85. The Hall–Kier alpha value is -2.00. The van der Waals surface area contributed by atoms with Crippen LogP contribution in [0.1, 0.15) is 5.56 Å². The van der Waals surface area contributed by atoms with Gasteiger partial charge in [0.05, 0.1) is 11.6 Å². The molecule has 0 bridgehead atoms. The number of nitrogen functional groups attached to an aromatic ring is 1. The van der Waals surface area contributed by atoms with Gasteiger partial charge in [-0.2, -0.15) is 5.26 Å². The number of aromatic nitrogens is 3. The van der Waals surface area contributed by atoms with Gasteiger partial charge in [-0.05, 0) is 30.0 Å². The average molecular weight is 231 g/mol. The SMILES string of the molecule is Cn1cnnc1Sc1cc(C#N)ccc1N. The summed E-state index contributed by atoms with van der Waals surface area (Å²) in [6.07, 6.45) is 1.62. The Balaban J connectivity index is 2.35. The number of rotatable bonds is 2. The van der Waals surface area contributed by atoms with Crippen molar-refractivity contribution in [1.82, 2.24) is 14.8 Å². The molecule has 0 spiro atoms. The van der Waals surface area contributed by atoms with Crippen LogP contribution in [0.15, 0.2) is 34.6 Å². The number of anilines is 1. The van der Waals surface area contributed by atoms with E-state index in [4.69, 9.17) is 11.0 Å². The first-order chi connectivity index (χ1) is 7.70. The van der Waals surface area contributed by atoms with Gasteiger partial charge < -0.3 is 10.3 Å². The molecule has 16 heavy (non-hydrogen) atoms. The summed E-state index contributed by atoms with van der Waals surface area (Å²) in [4.78, 5) is 0.815. The van der Waals surface area contributed by atoms with E-state index in [1.165, 1.54) is 11.8 Å². The molecule has 0 saturated carbocycles. The van der Waals surface area contributed by atoms with Crippen LogP contribution in [0.25, 0.3) is 0 Å². The van der Waals surface area contributed by atoms with Gasteiger partial charge in [0.2, 0.25) is 0 Å². The molecule has 1 aromatic heterocycles. The number of nitriles is 1. The second-order valence-corrected chi connectivity index (χ2v) is 4.20. The van der Waals surface area contributed by atoms with Crippen molar-refractivity contribution in [2.75, 3.05) is 5.73 Å². The van der Waals surface area contributed by atoms with E-state index in [0.717, 1.165) is 10.1 Å². The second-order valence-electron chi connectivity index (χ2n) is 3.19. The number of hydrogen-bond acceptors (Lipinski definition) is 5. The van der Waals surface area contributed by atoms with Gasteiger partial charge >= 0.3 is 0 Å². The van der Waals surface area contributed by atoms with Crippen LogP contribution >= 0.6 is 11.8 Å². The first-order valence-electron chi connectivity index (χ1n) is 4.52. The minimum absolute atomic E-state index is 0.582. The zero-order valence-corrected chi connectivity index (χ0v) is 9.40. The summed E-state index contributed by atoms with van der Waals surface area (Å²) in [5.74, 6) is 0. The smallest absolute Gasteiger partial charge is 0.195 e. The first kappa shape index (κ1) is 10.5. The van der Waals surface area contributed by atoms with Crippen molar-refractivity contribution in [3.63, 3.8) is 0 Å². The molecular weight excluding hydrogens is 222 g/mol. The molecule has 1 aromatic carbocycles. The van der Waals surface area contributed by atoms with E-state index in [0.29, 0.717) is 11.3 Å². The summed E-state index contributed by atoms with van der Waals surface area (Å²) in [6, 6.07) is 7.23. The minimum atomic E-state index is 0.582. The Labute approximate surface area is 96.9 Å². The van der Waals surface area contributed by atoms with Crippen LogP contribution in [0, 0.1) is 11.3 Å². The van der Waals surface area contributed by atoms with Gasteiger partial charge in [-0.25, -0.2) is 0 Å². The molecule has 0 aliphatic heterocycles. The highest BCUT2D eigenvalue weighted by Crippen LogP contribution is 2.30. The van der Waals surface area contributed by atoms with Crippen LogP contribution in [-0.4, -0.2) is 14.8 Å². The highest BCUT2D eigenvalue weighted by Gasteiger charge is 2.07. The summed E-state index contributed by atoms with van der Waals surface area (Å²) in [5, 5.41) is 17.3. The molecule has 0 radical (unpaired) electrons. The number of hydrogen-bond donors (Lipinski definition) is 1. The lowest BCUT2D eigenvalue weighted by Crippen LogP contribution is -1.92. The molecular formula is C10H9N5S. The Bertz CT molecular complexity index is 555. The monoisotopic (exact) mass is 231 g/mol. The molecule has 0 atom stereocenters. The summed E-state index contributed by atoms with van der Waals surface area (Å²) in [5.41, 5.74) is 7.04. The van der Waals surface area contributed by atoms with Crippen LogP contribution in [0.2, 0.25) is 0 Å². The van der Waals surface area contributed by atoms with Crippen molar-refractivity contribution in [3.8, 4) is 6.07 Å². The molecule has 0 amide bonds. The van der Waals surface area contributed by atoms with E-state index in [1.54, 1.807) is 29.1 Å². The molecule has 6 heteroatoms. The Morgan fingerprint density at radius 2 is 2.31 bits per heavy atom. The van der Waals surface area contributed by atoms with Gasteiger partial charge in [-0.1, -0.05) is 0 Å². The van der Waals surface area contributed by atoms with Gasteiger partial charge in [0, 0.05) is 17.6 Å². The van der Waals surface area contributed by atoms with Gasteiger partial charge in [0.15, 0.2) is 5.16 Å². The standard InChI is InChI=1S/C10H9N5S/c1-15-6-13-14-10(15)16-9-4-7(5-11)2-3-8(9)12/h2-4,6H,12H2,1H3. The maximum Gasteiger partial charge on any atom is 0.195 e. The lowest BCUT2D eigenvalue weighted by atomic mass is 10.2. The van der Waals surface area contributed by atoms with Crippen LogP contribution in [-0.2, 0) is 7.05 Å². The predicted molar refractivity (Wildman–Crippen MR) is 60.7 cm³/mol. The van der Waals surface area contributed by atoms with E-state index in [-0.39, 0.29) is 0 Å². The number of nitrogens with zero attached hydrogens (tertiary/aromatic N) is 4. The Morgan fingerprint density at radius 1 is 1.50 bits per heavy atom. The highest BCUT2D eigenvalue weighted by atomic mass is 32.2.